The van der Waals surface area contributed by atoms with E-state index in [1.807, 2.05) is 39.0 Å². The minimum absolute atomic E-state index is 0.0391. The Morgan fingerprint density at radius 2 is 2.00 bits per heavy atom. The van der Waals surface area contributed by atoms with Crippen molar-refractivity contribution in [2.45, 2.75) is 26.8 Å². The topological polar surface area (TPSA) is 72.5 Å². The molecule has 0 radical (unpaired) electrons. The van der Waals surface area contributed by atoms with Gasteiger partial charge in [-0.1, -0.05) is 31.5 Å². The summed E-state index contributed by atoms with van der Waals surface area (Å²) in [7, 11) is 1.56. The molecule has 2 unspecified atom stereocenters. The Labute approximate surface area is 108 Å². The minimum atomic E-state index is -0.874. The molecular weight excluding hydrogens is 230 g/mol. The molecule has 0 saturated heterocycles. The van der Waals surface area contributed by atoms with E-state index in [2.05, 4.69) is 0 Å². The summed E-state index contributed by atoms with van der Waals surface area (Å²) in [6.07, 6.45) is 0. The Balaban J connectivity index is 3.19. The number of ether oxygens (including phenoxy) is 1. The highest BCUT2D eigenvalue weighted by molar-refractivity contribution is 5.72. The second-order valence-corrected chi connectivity index (χ2v) is 4.88. The van der Waals surface area contributed by atoms with Crippen LogP contribution in [0.3, 0.4) is 0 Å². The fourth-order valence-corrected chi connectivity index (χ4v) is 2.16. The molecule has 1 aromatic rings. The Morgan fingerprint density at radius 3 is 2.44 bits per heavy atom. The standard InChI is InChI=1S/C14H21NO3/c1-8(2)12(14(16)17)13(15)10-7-9(3)5-6-11(10)18-4/h5-8,12-13H,15H2,1-4H3,(H,16,17). The van der Waals surface area contributed by atoms with Crippen LogP contribution in [0.4, 0.5) is 0 Å². The summed E-state index contributed by atoms with van der Waals surface area (Å²) in [4.78, 5) is 11.3. The fourth-order valence-electron chi connectivity index (χ4n) is 2.16. The van der Waals surface area contributed by atoms with Gasteiger partial charge in [-0.15, -0.1) is 0 Å². The van der Waals surface area contributed by atoms with E-state index >= 15 is 0 Å². The molecule has 0 fully saturated rings. The number of benzene rings is 1. The number of methoxy groups -OCH3 is 1. The highest BCUT2D eigenvalue weighted by Crippen LogP contribution is 2.32. The molecule has 0 aromatic heterocycles. The molecule has 0 amide bonds. The van der Waals surface area contributed by atoms with Crippen molar-refractivity contribution >= 4 is 5.97 Å². The van der Waals surface area contributed by atoms with Crippen molar-refractivity contribution in [1.82, 2.24) is 0 Å². The van der Waals surface area contributed by atoms with E-state index in [-0.39, 0.29) is 5.92 Å². The van der Waals surface area contributed by atoms with E-state index in [9.17, 15) is 9.90 Å². The monoisotopic (exact) mass is 251 g/mol. The lowest BCUT2D eigenvalue weighted by Crippen LogP contribution is -2.32. The summed E-state index contributed by atoms with van der Waals surface area (Å²) in [6, 6.07) is 5.06. The predicted molar refractivity (Wildman–Crippen MR) is 70.6 cm³/mol. The summed E-state index contributed by atoms with van der Waals surface area (Å²) in [5.41, 5.74) is 7.91. The van der Waals surface area contributed by atoms with Gasteiger partial charge in [-0.3, -0.25) is 4.79 Å². The Morgan fingerprint density at radius 1 is 1.39 bits per heavy atom. The van der Waals surface area contributed by atoms with E-state index in [0.717, 1.165) is 11.1 Å². The first-order valence-electron chi connectivity index (χ1n) is 6.01. The molecule has 0 bridgehead atoms. The molecule has 0 spiro atoms. The lowest BCUT2D eigenvalue weighted by molar-refractivity contribution is -0.144. The maximum absolute atomic E-state index is 11.3. The van der Waals surface area contributed by atoms with Gasteiger partial charge in [0.15, 0.2) is 0 Å². The van der Waals surface area contributed by atoms with Gasteiger partial charge >= 0.3 is 5.97 Å². The first-order chi connectivity index (χ1) is 8.38. The number of nitrogens with two attached hydrogens (primary N) is 1. The SMILES string of the molecule is COc1ccc(C)cc1C(N)C(C(=O)O)C(C)C. The Kier molecular flexibility index (Phi) is 4.73. The molecule has 4 heteroatoms. The van der Waals surface area contributed by atoms with Gasteiger partial charge < -0.3 is 15.6 Å². The van der Waals surface area contributed by atoms with Crippen LogP contribution < -0.4 is 10.5 Å². The lowest BCUT2D eigenvalue weighted by Gasteiger charge is -2.25. The first kappa shape index (κ1) is 14.5. The van der Waals surface area contributed by atoms with Gasteiger partial charge in [-0.05, 0) is 18.9 Å². The number of aryl methyl sites for hydroxylation is 1. The number of aliphatic carboxylic acids is 1. The average molecular weight is 251 g/mol. The van der Waals surface area contributed by atoms with Gasteiger partial charge in [0.2, 0.25) is 0 Å². The molecule has 3 N–H and O–H groups in total. The maximum Gasteiger partial charge on any atom is 0.308 e. The number of hydrogen-bond donors (Lipinski definition) is 2. The zero-order chi connectivity index (χ0) is 13.9. The summed E-state index contributed by atoms with van der Waals surface area (Å²) in [6.45, 7) is 5.67. The fraction of sp³-hybridized carbons (Fsp3) is 0.500. The van der Waals surface area contributed by atoms with Crippen molar-refractivity contribution < 1.29 is 14.6 Å². The van der Waals surface area contributed by atoms with Crippen molar-refractivity contribution in [3.63, 3.8) is 0 Å². The zero-order valence-corrected chi connectivity index (χ0v) is 11.3. The molecule has 0 saturated carbocycles. The Hall–Kier alpha value is -1.55. The van der Waals surface area contributed by atoms with Gasteiger partial charge in [0.1, 0.15) is 5.75 Å². The van der Waals surface area contributed by atoms with Crippen LogP contribution in [-0.2, 0) is 4.79 Å². The zero-order valence-electron chi connectivity index (χ0n) is 11.3. The predicted octanol–water partition coefficient (Wildman–Crippen LogP) is 2.36. The molecule has 1 rings (SSSR count). The van der Waals surface area contributed by atoms with Crippen LogP contribution >= 0.6 is 0 Å². The Bertz CT molecular complexity index is 429. The largest absolute Gasteiger partial charge is 0.496 e. The van der Waals surface area contributed by atoms with Crippen molar-refractivity contribution in [2.24, 2.45) is 17.6 Å². The van der Waals surface area contributed by atoms with Crippen LogP contribution in [0, 0.1) is 18.8 Å². The van der Waals surface area contributed by atoms with Gasteiger partial charge in [0.25, 0.3) is 0 Å². The quantitative estimate of drug-likeness (QED) is 0.842. The first-order valence-corrected chi connectivity index (χ1v) is 6.01. The average Bonchev–Trinajstić information content (AvgIpc) is 2.27. The van der Waals surface area contributed by atoms with E-state index in [0.29, 0.717) is 5.75 Å². The van der Waals surface area contributed by atoms with Crippen LogP contribution in [0.25, 0.3) is 0 Å². The lowest BCUT2D eigenvalue weighted by atomic mass is 9.84. The summed E-state index contributed by atoms with van der Waals surface area (Å²) in [5.74, 6) is -0.899. The molecule has 0 aliphatic rings. The van der Waals surface area contributed by atoms with Crippen LogP contribution in [0.5, 0.6) is 5.75 Å². The molecule has 0 aliphatic heterocycles. The highest BCUT2D eigenvalue weighted by atomic mass is 16.5. The number of hydrogen-bond acceptors (Lipinski definition) is 3. The molecule has 4 nitrogen and oxygen atoms in total. The second-order valence-electron chi connectivity index (χ2n) is 4.88. The van der Waals surface area contributed by atoms with Crippen LogP contribution in [0.15, 0.2) is 18.2 Å². The maximum atomic E-state index is 11.3. The molecule has 18 heavy (non-hydrogen) atoms. The molecular formula is C14H21NO3. The number of carbonyl (C=O) groups is 1. The van der Waals surface area contributed by atoms with Crippen LogP contribution in [-0.4, -0.2) is 18.2 Å². The summed E-state index contributed by atoms with van der Waals surface area (Å²) >= 11 is 0. The smallest absolute Gasteiger partial charge is 0.308 e. The molecule has 0 heterocycles. The molecule has 2 atom stereocenters. The summed E-state index contributed by atoms with van der Waals surface area (Å²) < 4.78 is 5.26. The van der Waals surface area contributed by atoms with Gasteiger partial charge in [0.05, 0.1) is 13.0 Å². The number of carboxylic acids is 1. The van der Waals surface area contributed by atoms with Gasteiger partial charge in [-0.2, -0.15) is 0 Å². The van der Waals surface area contributed by atoms with Crippen molar-refractivity contribution in [1.29, 1.82) is 0 Å². The minimum Gasteiger partial charge on any atom is -0.496 e. The molecule has 0 aliphatic carbocycles. The number of carboxylic acid groups (broad SMARTS) is 1. The third-order valence-electron chi connectivity index (χ3n) is 3.13. The van der Waals surface area contributed by atoms with Crippen molar-refractivity contribution in [3.05, 3.63) is 29.3 Å². The third kappa shape index (κ3) is 3.01. The summed E-state index contributed by atoms with van der Waals surface area (Å²) in [5, 5.41) is 9.29. The molecule has 100 valence electrons. The second kappa shape index (κ2) is 5.87. The number of rotatable bonds is 5. The van der Waals surface area contributed by atoms with Crippen molar-refractivity contribution in [2.75, 3.05) is 7.11 Å². The van der Waals surface area contributed by atoms with Crippen LogP contribution in [0.2, 0.25) is 0 Å². The van der Waals surface area contributed by atoms with Crippen LogP contribution in [0.1, 0.15) is 31.0 Å². The molecule has 1 aromatic carbocycles. The third-order valence-corrected chi connectivity index (χ3v) is 3.13. The van der Waals surface area contributed by atoms with E-state index in [1.54, 1.807) is 7.11 Å². The van der Waals surface area contributed by atoms with E-state index in [4.69, 9.17) is 10.5 Å². The van der Waals surface area contributed by atoms with E-state index in [1.165, 1.54) is 0 Å². The van der Waals surface area contributed by atoms with Crippen molar-refractivity contribution in [3.8, 4) is 5.75 Å². The highest BCUT2D eigenvalue weighted by Gasteiger charge is 2.31. The van der Waals surface area contributed by atoms with Gasteiger partial charge in [0, 0.05) is 11.6 Å². The van der Waals surface area contributed by atoms with Gasteiger partial charge in [-0.25, -0.2) is 0 Å². The normalized spacial score (nSPS) is 14.3. The van der Waals surface area contributed by atoms with E-state index < -0.39 is 17.9 Å².